The molecule has 2 aromatic carbocycles. The van der Waals surface area contributed by atoms with Gasteiger partial charge in [-0.3, -0.25) is 4.79 Å². The lowest BCUT2D eigenvalue weighted by Gasteiger charge is -2.04. The number of aromatic nitrogens is 4. The summed E-state index contributed by atoms with van der Waals surface area (Å²) < 4.78 is 24.5. The summed E-state index contributed by atoms with van der Waals surface area (Å²) >= 11 is 1.29. The fraction of sp³-hybridized carbons (Fsp3) is 0.190. The van der Waals surface area contributed by atoms with Crippen molar-refractivity contribution in [3.05, 3.63) is 71.6 Å². The molecule has 10 heteroatoms. The van der Waals surface area contributed by atoms with Crippen LogP contribution in [0.2, 0.25) is 0 Å². The molecule has 0 aliphatic heterocycles. The number of para-hydroxylation sites is 1. The van der Waals surface area contributed by atoms with E-state index in [1.807, 2.05) is 31.2 Å². The van der Waals surface area contributed by atoms with Gasteiger partial charge in [0.2, 0.25) is 17.7 Å². The Bertz CT molecular complexity index is 1190. The minimum Gasteiger partial charge on any atom is -0.411 e. The molecule has 1 N–H and O–H groups in total. The lowest BCUT2D eigenvalue weighted by molar-refractivity contribution is -0.116. The molecule has 2 aromatic heterocycles. The highest BCUT2D eigenvalue weighted by Crippen LogP contribution is 2.26. The molecule has 0 saturated heterocycles. The number of nitrogens with zero attached hydrogens (tertiary/aromatic N) is 4. The monoisotopic (exact) mass is 439 g/mol. The second-order valence-electron chi connectivity index (χ2n) is 6.61. The number of carbonyl (C=O) groups excluding carboxylic acids is 1. The predicted octanol–water partition coefficient (Wildman–Crippen LogP) is 4.43. The van der Waals surface area contributed by atoms with Gasteiger partial charge in [-0.25, -0.2) is 4.39 Å². The van der Waals surface area contributed by atoms with Gasteiger partial charge in [-0.05, 0) is 30.7 Å². The largest absolute Gasteiger partial charge is 0.411 e. The van der Waals surface area contributed by atoms with Gasteiger partial charge < -0.3 is 14.3 Å². The van der Waals surface area contributed by atoms with E-state index >= 15 is 0 Å². The molecule has 8 nitrogen and oxygen atoms in total. The number of aryl methyl sites for hydroxylation is 2. The zero-order valence-corrected chi connectivity index (χ0v) is 17.4. The van der Waals surface area contributed by atoms with E-state index in [2.05, 4.69) is 25.7 Å². The third-order valence-electron chi connectivity index (χ3n) is 4.33. The van der Waals surface area contributed by atoms with Crippen molar-refractivity contribution in [1.82, 2.24) is 20.3 Å². The summed E-state index contributed by atoms with van der Waals surface area (Å²) in [4.78, 5) is 16.3. The molecule has 1 amide bonds. The van der Waals surface area contributed by atoms with Crippen LogP contribution < -0.4 is 5.32 Å². The van der Waals surface area contributed by atoms with E-state index in [1.54, 1.807) is 12.1 Å². The van der Waals surface area contributed by atoms with Crippen LogP contribution in [-0.2, 0) is 17.0 Å². The maximum atomic E-state index is 13.6. The maximum absolute atomic E-state index is 13.6. The molecule has 0 aliphatic carbocycles. The summed E-state index contributed by atoms with van der Waals surface area (Å²) in [5, 5.41) is 14.9. The number of hydrogen-bond donors (Lipinski definition) is 1. The predicted molar refractivity (Wildman–Crippen MR) is 112 cm³/mol. The van der Waals surface area contributed by atoms with Crippen molar-refractivity contribution < 1.29 is 18.1 Å². The lowest BCUT2D eigenvalue weighted by atomic mass is 10.1. The van der Waals surface area contributed by atoms with Gasteiger partial charge in [-0.15, -0.1) is 10.2 Å². The van der Waals surface area contributed by atoms with Crippen LogP contribution >= 0.6 is 11.8 Å². The van der Waals surface area contributed by atoms with Crippen molar-refractivity contribution in [3.8, 4) is 11.5 Å². The molecule has 31 heavy (non-hydrogen) atoms. The Morgan fingerprint density at radius 1 is 1.13 bits per heavy atom. The van der Waals surface area contributed by atoms with Gasteiger partial charge >= 0.3 is 0 Å². The Labute approximate surface area is 181 Å². The van der Waals surface area contributed by atoms with Crippen LogP contribution in [0.4, 0.5) is 10.1 Å². The van der Waals surface area contributed by atoms with E-state index < -0.39 is 5.82 Å². The highest BCUT2D eigenvalue weighted by Gasteiger charge is 2.14. The van der Waals surface area contributed by atoms with Crippen LogP contribution in [0.5, 0.6) is 0 Å². The molecule has 158 valence electrons. The van der Waals surface area contributed by atoms with E-state index in [9.17, 15) is 9.18 Å². The zero-order chi connectivity index (χ0) is 21.6. The van der Waals surface area contributed by atoms with Crippen LogP contribution in [0.15, 0.2) is 62.7 Å². The first-order chi connectivity index (χ1) is 15.1. The molecule has 0 unspecified atom stereocenters. The van der Waals surface area contributed by atoms with Gasteiger partial charge in [-0.2, -0.15) is 4.98 Å². The molecule has 2 heterocycles. The van der Waals surface area contributed by atoms with Crippen molar-refractivity contribution in [2.24, 2.45) is 0 Å². The minimum absolute atomic E-state index is 0.0898. The maximum Gasteiger partial charge on any atom is 0.277 e. The molecular weight excluding hydrogens is 421 g/mol. The molecule has 4 rings (SSSR count). The number of hydrogen-bond acceptors (Lipinski definition) is 8. The summed E-state index contributed by atoms with van der Waals surface area (Å²) in [5.74, 6) is 0.777. The van der Waals surface area contributed by atoms with E-state index in [4.69, 9.17) is 8.94 Å². The molecule has 0 spiro atoms. The third kappa shape index (κ3) is 5.34. The molecule has 0 atom stereocenters. The highest BCUT2D eigenvalue weighted by atomic mass is 32.2. The van der Waals surface area contributed by atoms with Gasteiger partial charge in [0.15, 0.2) is 5.82 Å². The van der Waals surface area contributed by atoms with Gasteiger partial charge in [-0.1, -0.05) is 47.3 Å². The number of amides is 1. The summed E-state index contributed by atoms with van der Waals surface area (Å²) in [5.41, 5.74) is 2.07. The summed E-state index contributed by atoms with van der Waals surface area (Å²) in [6.07, 6.45) is 0.336. The molecule has 4 aromatic rings. The van der Waals surface area contributed by atoms with E-state index in [0.717, 1.165) is 11.1 Å². The van der Waals surface area contributed by atoms with Crippen molar-refractivity contribution in [3.63, 3.8) is 0 Å². The van der Waals surface area contributed by atoms with Crippen molar-refractivity contribution in [2.45, 2.75) is 30.7 Å². The Morgan fingerprint density at radius 3 is 2.77 bits per heavy atom. The normalized spacial score (nSPS) is 10.9. The van der Waals surface area contributed by atoms with Crippen molar-refractivity contribution in [1.29, 1.82) is 0 Å². The van der Waals surface area contributed by atoms with Gasteiger partial charge in [0.25, 0.3) is 5.22 Å². The van der Waals surface area contributed by atoms with Gasteiger partial charge in [0, 0.05) is 18.4 Å². The van der Waals surface area contributed by atoms with Crippen LogP contribution in [0, 0.1) is 12.7 Å². The smallest absolute Gasteiger partial charge is 0.277 e. The fourth-order valence-corrected chi connectivity index (χ4v) is 3.37. The van der Waals surface area contributed by atoms with Crippen molar-refractivity contribution in [2.75, 3.05) is 5.32 Å². The first kappa shape index (κ1) is 20.7. The van der Waals surface area contributed by atoms with Gasteiger partial charge in [0.05, 0.1) is 11.4 Å². The number of benzene rings is 2. The fourth-order valence-electron chi connectivity index (χ4n) is 2.76. The number of anilines is 1. The van der Waals surface area contributed by atoms with Gasteiger partial charge in [0.1, 0.15) is 5.82 Å². The first-order valence-corrected chi connectivity index (χ1v) is 10.4. The van der Waals surface area contributed by atoms with Crippen LogP contribution in [0.1, 0.15) is 23.7 Å². The quantitative estimate of drug-likeness (QED) is 0.402. The SMILES string of the molecule is Cc1ccccc1-c1nnc(SCc2noc(CCC(=O)Nc3ccccc3F)n2)o1. The minimum atomic E-state index is -0.487. The van der Waals surface area contributed by atoms with E-state index in [1.165, 1.54) is 23.9 Å². The zero-order valence-electron chi connectivity index (χ0n) is 16.5. The van der Waals surface area contributed by atoms with Crippen LogP contribution in [0.25, 0.3) is 11.5 Å². The Kier molecular flexibility index (Phi) is 6.37. The second-order valence-corrected chi connectivity index (χ2v) is 7.54. The first-order valence-electron chi connectivity index (χ1n) is 9.46. The average molecular weight is 439 g/mol. The van der Waals surface area contributed by atoms with Crippen LogP contribution in [0.3, 0.4) is 0 Å². The summed E-state index contributed by atoms with van der Waals surface area (Å²) in [6.45, 7) is 1.98. The van der Waals surface area contributed by atoms with Crippen molar-refractivity contribution >= 4 is 23.4 Å². The second kappa shape index (κ2) is 9.52. The number of carbonyl (C=O) groups is 1. The standard InChI is InChI=1S/C21H18FN5O3S/c1-13-6-2-3-7-14(13)20-25-26-21(29-20)31-12-17-24-19(30-27-17)11-10-18(28)23-16-9-5-4-8-15(16)22/h2-9H,10-12H2,1H3,(H,23,28). The summed E-state index contributed by atoms with van der Waals surface area (Å²) in [6, 6.07) is 13.7. The average Bonchev–Trinajstić information content (AvgIpc) is 3.42. The highest BCUT2D eigenvalue weighted by molar-refractivity contribution is 7.98. The lowest BCUT2D eigenvalue weighted by Crippen LogP contribution is -2.13. The van der Waals surface area contributed by atoms with Crippen LogP contribution in [-0.4, -0.2) is 26.2 Å². The molecule has 0 aliphatic rings. The Morgan fingerprint density at radius 2 is 1.94 bits per heavy atom. The molecule has 0 fully saturated rings. The molecule has 0 radical (unpaired) electrons. The topological polar surface area (TPSA) is 107 Å². The van der Waals surface area contributed by atoms with E-state index in [-0.39, 0.29) is 24.4 Å². The summed E-state index contributed by atoms with van der Waals surface area (Å²) in [7, 11) is 0. The number of rotatable bonds is 8. The number of halogens is 1. The Hall–Kier alpha value is -3.53. The Balaban J connectivity index is 1.27. The molecular formula is C21H18FN5O3S. The third-order valence-corrected chi connectivity index (χ3v) is 5.15. The number of thioether (sulfide) groups is 1. The molecule has 0 saturated carbocycles. The van der Waals surface area contributed by atoms with E-state index in [0.29, 0.717) is 28.6 Å². The number of nitrogens with one attached hydrogen (secondary N) is 1. The molecule has 0 bridgehead atoms.